The van der Waals surface area contributed by atoms with Crippen LogP contribution in [0.3, 0.4) is 0 Å². The van der Waals surface area contributed by atoms with Crippen LogP contribution in [-0.2, 0) is 0 Å². The highest BCUT2D eigenvalue weighted by atomic mass is 16.5. The maximum Gasteiger partial charge on any atom is 0.253 e. The Kier molecular flexibility index (Phi) is 5.19. The highest BCUT2D eigenvalue weighted by molar-refractivity contribution is 5.94. The Bertz CT molecular complexity index is 397. The zero-order valence-electron chi connectivity index (χ0n) is 11.5. The van der Waals surface area contributed by atoms with Crippen LogP contribution < -0.4 is 10.1 Å². The van der Waals surface area contributed by atoms with E-state index in [1.165, 1.54) is 19.3 Å². The van der Waals surface area contributed by atoms with E-state index in [1.807, 2.05) is 6.92 Å². The normalized spacial score (nSPS) is 16.1. The molecular weight excluding hydrogens is 240 g/mol. The lowest BCUT2D eigenvalue weighted by molar-refractivity contribution is 0.0927. The van der Waals surface area contributed by atoms with Gasteiger partial charge >= 0.3 is 0 Å². The lowest BCUT2D eigenvalue weighted by Crippen LogP contribution is -2.36. The van der Waals surface area contributed by atoms with Gasteiger partial charge in [-0.05, 0) is 25.3 Å². The smallest absolute Gasteiger partial charge is 0.253 e. The molecule has 1 aromatic rings. The Balaban J connectivity index is 1.87. The van der Waals surface area contributed by atoms with Crippen LogP contribution in [0, 0.1) is 0 Å². The molecule has 0 radical (unpaired) electrons. The summed E-state index contributed by atoms with van der Waals surface area (Å²) in [7, 11) is 0. The second kappa shape index (κ2) is 7.12. The third-order valence-corrected chi connectivity index (χ3v) is 3.39. The van der Waals surface area contributed by atoms with Crippen LogP contribution in [-0.4, -0.2) is 23.5 Å². The van der Waals surface area contributed by atoms with Gasteiger partial charge in [0.05, 0.1) is 12.2 Å². The topological polar surface area (TPSA) is 51.2 Å². The van der Waals surface area contributed by atoms with Gasteiger partial charge in [-0.1, -0.05) is 26.2 Å². The molecule has 0 unspecified atom stereocenters. The van der Waals surface area contributed by atoms with Crippen LogP contribution in [0.15, 0.2) is 18.3 Å². The molecule has 0 aliphatic heterocycles. The minimum absolute atomic E-state index is 0.0264. The molecule has 1 saturated carbocycles. The Labute approximate surface area is 114 Å². The number of nitrogens with one attached hydrogen (secondary N) is 1. The highest BCUT2D eigenvalue weighted by Gasteiger charge is 2.16. The summed E-state index contributed by atoms with van der Waals surface area (Å²) >= 11 is 0. The van der Waals surface area contributed by atoms with Crippen LogP contribution in [0.5, 0.6) is 5.88 Å². The van der Waals surface area contributed by atoms with Gasteiger partial charge in [-0.15, -0.1) is 0 Å². The van der Waals surface area contributed by atoms with E-state index in [4.69, 9.17) is 4.74 Å². The number of aromatic nitrogens is 1. The van der Waals surface area contributed by atoms with Crippen molar-refractivity contribution in [1.82, 2.24) is 10.3 Å². The number of amides is 1. The van der Waals surface area contributed by atoms with E-state index in [0.717, 1.165) is 19.3 Å². The van der Waals surface area contributed by atoms with E-state index in [9.17, 15) is 4.79 Å². The SMILES string of the molecule is CCCOc1ccc(C(=O)NC2CCCCC2)cn1. The van der Waals surface area contributed by atoms with Crippen LogP contribution >= 0.6 is 0 Å². The summed E-state index contributed by atoms with van der Waals surface area (Å²) in [5.74, 6) is 0.553. The average molecular weight is 262 g/mol. The van der Waals surface area contributed by atoms with Crippen molar-refractivity contribution in [3.05, 3.63) is 23.9 Å². The average Bonchev–Trinajstić information content (AvgIpc) is 2.46. The van der Waals surface area contributed by atoms with E-state index < -0.39 is 0 Å². The second-order valence-electron chi connectivity index (χ2n) is 5.04. The van der Waals surface area contributed by atoms with Crippen LogP contribution in [0.25, 0.3) is 0 Å². The third kappa shape index (κ3) is 4.23. The van der Waals surface area contributed by atoms with E-state index in [2.05, 4.69) is 10.3 Å². The van der Waals surface area contributed by atoms with Gasteiger partial charge in [-0.3, -0.25) is 4.79 Å². The van der Waals surface area contributed by atoms with E-state index in [-0.39, 0.29) is 5.91 Å². The molecule has 0 atom stereocenters. The summed E-state index contributed by atoms with van der Waals surface area (Å²) in [5.41, 5.74) is 0.606. The molecule has 1 N–H and O–H groups in total. The quantitative estimate of drug-likeness (QED) is 0.887. The van der Waals surface area contributed by atoms with Gasteiger partial charge in [0.2, 0.25) is 5.88 Å². The lowest BCUT2D eigenvalue weighted by atomic mass is 9.95. The third-order valence-electron chi connectivity index (χ3n) is 3.39. The molecule has 0 saturated heterocycles. The van der Waals surface area contributed by atoms with Gasteiger partial charge in [0, 0.05) is 18.3 Å². The first kappa shape index (κ1) is 13.8. The van der Waals surface area contributed by atoms with Gasteiger partial charge in [0.1, 0.15) is 0 Å². The number of carbonyl (C=O) groups excluding carboxylic acids is 1. The molecule has 2 rings (SSSR count). The summed E-state index contributed by atoms with van der Waals surface area (Å²) in [5, 5.41) is 3.08. The van der Waals surface area contributed by atoms with Gasteiger partial charge < -0.3 is 10.1 Å². The Hall–Kier alpha value is -1.58. The first-order chi connectivity index (χ1) is 9.29. The molecule has 0 spiro atoms. The van der Waals surface area contributed by atoms with E-state index in [0.29, 0.717) is 24.1 Å². The Morgan fingerprint density at radius 3 is 2.79 bits per heavy atom. The Morgan fingerprint density at radius 1 is 1.37 bits per heavy atom. The molecule has 0 bridgehead atoms. The fourth-order valence-electron chi connectivity index (χ4n) is 2.32. The molecule has 4 heteroatoms. The summed E-state index contributed by atoms with van der Waals surface area (Å²) in [6.07, 6.45) is 8.44. The van der Waals surface area contributed by atoms with Crippen molar-refractivity contribution in [3.8, 4) is 5.88 Å². The van der Waals surface area contributed by atoms with Crippen molar-refractivity contribution in [2.75, 3.05) is 6.61 Å². The largest absolute Gasteiger partial charge is 0.478 e. The number of ether oxygens (including phenoxy) is 1. The van der Waals surface area contributed by atoms with Crippen molar-refractivity contribution in [3.63, 3.8) is 0 Å². The lowest BCUT2D eigenvalue weighted by Gasteiger charge is -2.22. The van der Waals surface area contributed by atoms with Crippen LogP contribution in [0.2, 0.25) is 0 Å². The highest BCUT2D eigenvalue weighted by Crippen LogP contribution is 2.18. The first-order valence-electron chi connectivity index (χ1n) is 7.19. The predicted octanol–water partition coefficient (Wildman–Crippen LogP) is 2.93. The van der Waals surface area contributed by atoms with Crippen molar-refractivity contribution in [2.45, 2.75) is 51.5 Å². The van der Waals surface area contributed by atoms with Crippen molar-refractivity contribution >= 4 is 5.91 Å². The number of hydrogen-bond donors (Lipinski definition) is 1. The maximum atomic E-state index is 12.0. The Morgan fingerprint density at radius 2 is 2.16 bits per heavy atom. The molecule has 0 aromatic carbocycles. The van der Waals surface area contributed by atoms with Crippen molar-refractivity contribution in [1.29, 1.82) is 0 Å². The zero-order chi connectivity index (χ0) is 13.5. The van der Waals surface area contributed by atoms with Crippen molar-refractivity contribution in [2.24, 2.45) is 0 Å². The fraction of sp³-hybridized carbons (Fsp3) is 0.600. The molecule has 1 heterocycles. The van der Waals surface area contributed by atoms with Gasteiger partial charge in [0.25, 0.3) is 5.91 Å². The van der Waals surface area contributed by atoms with Crippen LogP contribution in [0.1, 0.15) is 55.8 Å². The van der Waals surface area contributed by atoms with Gasteiger partial charge in [0.15, 0.2) is 0 Å². The second-order valence-corrected chi connectivity index (χ2v) is 5.04. The number of rotatable bonds is 5. The molecule has 19 heavy (non-hydrogen) atoms. The summed E-state index contributed by atoms with van der Waals surface area (Å²) in [6, 6.07) is 3.86. The molecule has 4 nitrogen and oxygen atoms in total. The standard InChI is InChI=1S/C15H22N2O2/c1-2-10-19-14-9-8-12(11-16-14)15(18)17-13-6-4-3-5-7-13/h8-9,11,13H,2-7,10H2,1H3,(H,17,18). The van der Waals surface area contributed by atoms with Gasteiger partial charge in [-0.25, -0.2) is 4.98 Å². The van der Waals surface area contributed by atoms with Crippen LogP contribution in [0.4, 0.5) is 0 Å². The maximum absolute atomic E-state index is 12.0. The number of carbonyl (C=O) groups is 1. The van der Waals surface area contributed by atoms with Crippen molar-refractivity contribution < 1.29 is 9.53 Å². The minimum atomic E-state index is -0.0264. The van der Waals surface area contributed by atoms with E-state index in [1.54, 1.807) is 18.3 Å². The molecule has 1 aromatic heterocycles. The molecule has 1 aliphatic rings. The zero-order valence-corrected chi connectivity index (χ0v) is 11.5. The van der Waals surface area contributed by atoms with E-state index >= 15 is 0 Å². The first-order valence-corrected chi connectivity index (χ1v) is 7.19. The monoisotopic (exact) mass is 262 g/mol. The predicted molar refractivity (Wildman–Crippen MR) is 74.4 cm³/mol. The minimum Gasteiger partial charge on any atom is -0.478 e. The molecule has 1 aliphatic carbocycles. The number of pyridine rings is 1. The summed E-state index contributed by atoms with van der Waals surface area (Å²) < 4.78 is 5.40. The molecule has 1 amide bonds. The fourth-order valence-corrected chi connectivity index (χ4v) is 2.32. The molecule has 104 valence electrons. The molecular formula is C15H22N2O2. The summed E-state index contributed by atoms with van der Waals surface area (Å²) in [6.45, 7) is 2.70. The summed E-state index contributed by atoms with van der Waals surface area (Å²) in [4.78, 5) is 16.2. The number of hydrogen-bond acceptors (Lipinski definition) is 3. The molecule has 1 fully saturated rings. The number of nitrogens with zero attached hydrogens (tertiary/aromatic N) is 1. The van der Waals surface area contributed by atoms with Gasteiger partial charge in [-0.2, -0.15) is 0 Å².